The molecule has 2 aliphatic rings. The Balaban J connectivity index is 1.48. The average Bonchev–Trinajstić information content (AvgIpc) is 3.46. The molecule has 0 radical (unpaired) electrons. The maximum absolute atomic E-state index is 13.9. The number of fused-ring (bicyclic) bond motifs is 5. The summed E-state index contributed by atoms with van der Waals surface area (Å²) in [5.41, 5.74) is 5.05. The van der Waals surface area contributed by atoms with Crippen molar-refractivity contribution in [1.82, 2.24) is 14.4 Å². The van der Waals surface area contributed by atoms with Gasteiger partial charge in [-0.25, -0.2) is 9.18 Å². The van der Waals surface area contributed by atoms with E-state index in [0.717, 1.165) is 30.8 Å². The molecule has 1 atom stereocenters. The lowest BCUT2D eigenvalue weighted by Gasteiger charge is -2.32. The molecular formula is C28H27FN4O2S. The average molecular weight is 503 g/mol. The Labute approximate surface area is 213 Å². The maximum atomic E-state index is 13.9. The molecule has 0 spiro atoms. The van der Waals surface area contributed by atoms with Gasteiger partial charge in [0, 0.05) is 41.5 Å². The number of anilines is 1. The Morgan fingerprint density at radius 1 is 1.08 bits per heavy atom. The van der Waals surface area contributed by atoms with E-state index < -0.39 is 0 Å². The molecule has 6 rings (SSSR count). The second kappa shape index (κ2) is 9.11. The monoisotopic (exact) mass is 502 g/mol. The predicted molar refractivity (Wildman–Crippen MR) is 139 cm³/mol. The van der Waals surface area contributed by atoms with E-state index in [2.05, 4.69) is 34.1 Å². The molecule has 6 nitrogen and oxygen atoms in total. The molecule has 184 valence electrons. The van der Waals surface area contributed by atoms with E-state index in [1.165, 1.54) is 33.1 Å². The number of carbonyl (C=O) groups excluding carboxylic acids is 1. The quantitative estimate of drug-likeness (QED) is 0.385. The van der Waals surface area contributed by atoms with Crippen LogP contribution in [0.3, 0.4) is 0 Å². The number of ether oxygens (including phenoxy) is 1. The Morgan fingerprint density at radius 2 is 1.92 bits per heavy atom. The number of hydrogen-bond acceptors (Lipinski definition) is 4. The van der Waals surface area contributed by atoms with Gasteiger partial charge in [-0.05, 0) is 61.0 Å². The third kappa shape index (κ3) is 3.96. The predicted octanol–water partition coefficient (Wildman–Crippen LogP) is 5.81. The van der Waals surface area contributed by atoms with Gasteiger partial charge in [-0.2, -0.15) is 0 Å². The van der Waals surface area contributed by atoms with Crippen molar-refractivity contribution >= 4 is 23.1 Å². The molecule has 1 N–H and O–H groups in total. The molecule has 8 heteroatoms. The number of aromatic nitrogens is 1. The molecule has 2 aromatic heterocycles. The van der Waals surface area contributed by atoms with Gasteiger partial charge in [0.15, 0.2) is 0 Å². The number of nitrogens with one attached hydrogen (secondary N) is 1. The Kier molecular flexibility index (Phi) is 5.78. The van der Waals surface area contributed by atoms with Gasteiger partial charge >= 0.3 is 6.03 Å². The van der Waals surface area contributed by atoms with E-state index in [4.69, 9.17) is 4.74 Å². The number of hydrogen-bond donors (Lipinski definition) is 1. The third-order valence-corrected chi connectivity index (χ3v) is 8.28. The van der Waals surface area contributed by atoms with Gasteiger partial charge in [0.1, 0.15) is 16.6 Å². The van der Waals surface area contributed by atoms with Crippen LogP contribution in [0.4, 0.5) is 14.9 Å². The van der Waals surface area contributed by atoms with E-state index in [1.807, 2.05) is 40.5 Å². The highest BCUT2D eigenvalue weighted by molar-refractivity contribution is 7.15. The zero-order chi connectivity index (χ0) is 24.8. The summed E-state index contributed by atoms with van der Waals surface area (Å²) in [5, 5.41) is 4.24. The number of thiophene rings is 1. The van der Waals surface area contributed by atoms with E-state index in [9.17, 15) is 9.18 Å². The van der Waals surface area contributed by atoms with Crippen LogP contribution < -0.4 is 10.1 Å². The highest BCUT2D eigenvalue weighted by atomic mass is 32.1. The fourth-order valence-corrected chi connectivity index (χ4v) is 6.69. The number of likely N-dealkylation sites (N-methyl/N-ethyl adjacent to an activating group) is 1. The summed E-state index contributed by atoms with van der Waals surface area (Å²) in [6.07, 6.45) is 3.03. The van der Waals surface area contributed by atoms with E-state index in [1.54, 1.807) is 25.3 Å². The van der Waals surface area contributed by atoms with Gasteiger partial charge in [-0.15, -0.1) is 11.3 Å². The first-order valence-corrected chi connectivity index (χ1v) is 12.8. The molecule has 0 aliphatic carbocycles. The normalized spacial score (nSPS) is 17.1. The largest absolute Gasteiger partial charge is 0.497 e. The van der Waals surface area contributed by atoms with Crippen molar-refractivity contribution in [2.24, 2.45) is 0 Å². The SMILES string of the molecule is COc1cccc(NC(=O)N2Cc3c(sc4c3CCN(C)C4)-n3cccc3[C@H]2c2ccc(F)cc2)c1. The van der Waals surface area contributed by atoms with Crippen molar-refractivity contribution in [2.45, 2.75) is 25.6 Å². The van der Waals surface area contributed by atoms with Crippen LogP contribution in [0.15, 0.2) is 66.9 Å². The molecule has 0 saturated carbocycles. The molecule has 0 bridgehead atoms. The van der Waals surface area contributed by atoms with Crippen LogP contribution >= 0.6 is 11.3 Å². The fraction of sp³-hybridized carbons (Fsp3) is 0.250. The van der Waals surface area contributed by atoms with E-state index in [0.29, 0.717) is 18.0 Å². The van der Waals surface area contributed by atoms with Crippen molar-refractivity contribution in [3.63, 3.8) is 0 Å². The number of carbonyl (C=O) groups is 1. The Bertz CT molecular complexity index is 1430. The smallest absolute Gasteiger partial charge is 0.322 e. The highest BCUT2D eigenvalue weighted by Gasteiger charge is 2.36. The molecule has 4 heterocycles. The number of halogens is 1. The Hall–Kier alpha value is -3.62. The van der Waals surface area contributed by atoms with Crippen molar-refractivity contribution < 1.29 is 13.9 Å². The number of benzene rings is 2. The van der Waals surface area contributed by atoms with E-state index >= 15 is 0 Å². The molecule has 2 aromatic carbocycles. The van der Waals surface area contributed by atoms with Crippen molar-refractivity contribution in [3.05, 3.63) is 99.9 Å². The fourth-order valence-electron chi connectivity index (χ4n) is 5.24. The zero-order valence-corrected chi connectivity index (χ0v) is 21.0. The number of methoxy groups -OCH3 is 1. The molecule has 0 saturated heterocycles. The molecule has 36 heavy (non-hydrogen) atoms. The lowest BCUT2D eigenvalue weighted by Crippen LogP contribution is -2.38. The number of amides is 2. The van der Waals surface area contributed by atoms with Crippen molar-refractivity contribution in [3.8, 4) is 10.8 Å². The summed E-state index contributed by atoms with van der Waals surface area (Å²) in [5.74, 6) is 0.373. The maximum Gasteiger partial charge on any atom is 0.322 e. The second-order valence-corrected chi connectivity index (χ2v) is 10.4. The van der Waals surface area contributed by atoms with Crippen LogP contribution in [0.25, 0.3) is 5.00 Å². The first kappa shape index (κ1) is 22.8. The molecule has 4 aromatic rings. The standard InChI is InChI=1S/C28H27FN4O2S/c1-31-14-12-22-23-16-33(28(34)30-20-5-3-6-21(15-20)35-2)26(18-8-10-19(29)11-9-18)24-7-4-13-32(24)27(23)36-25(22)17-31/h3-11,13,15,26H,12,14,16-17H2,1-2H3,(H,30,34)/t26-/m1/s1. The summed E-state index contributed by atoms with van der Waals surface area (Å²) >= 11 is 1.81. The van der Waals surface area contributed by atoms with Crippen molar-refractivity contribution in [2.75, 3.05) is 26.0 Å². The van der Waals surface area contributed by atoms with Crippen LogP contribution in [0, 0.1) is 5.82 Å². The molecule has 2 amide bonds. The third-order valence-electron chi connectivity index (χ3n) is 7.02. The van der Waals surface area contributed by atoms with Crippen LogP contribution in [0.1, 0.15) is 33.3 Å². The van der Waals surface area contributed by atoms with Gasteiger partial charge in [-0.3, -0.25) is 0 Å². The first-order chi connectivity index (χ1) is 17.5. The zero-order valence-electron chi connectivity index (χ0n) is 20.2. The number of urea groups is 1. The van der Waals surface area contributed by atoms with Crippen LogP contribution in [-0.2, 0) is 19.5 Å². The summed E-state index contributed by atoms with van der Waals surface area (Å²) in [6.45, 7) is 2.37. The minimum Gasteiger partial charge on any atom is -0.497 e. The molecule has 0 unspecified atom stereocenters. The Morgan fingerprint density at radius 3 is 2.72 bits per heavy atom. The van der Waals surface area contributed by atoms with Crippen LogP contribution in [0.5, 0.6) is 5.75 Å². The molecule has 0 fully saturated rings. The topological polar surface area (TPSA) is 49.7 Å². The lowest BCUT2D eigenvalue weighted by molar-refractivity contribution is 0.194. The van der Waals surface area contributed by atoms with Gasteiger partial charge in [-0.1, -0.05) is 18.2 Å². The minimum atomic E-state index is -0.382. The van der Waals surface area contributed by atoms with Crippen LogP contribution in [-0.4, -0.2) is 41.1 Å². The van der Waals surface area contributed by atoms with Crippen LogP contribution in [0.2, 0.25) is 0 Å². The molecule has 2 aliphatic heterocycles. The summed E-state index contributed by atoms with van der Waals surface area (Å²) in [7, 11) is 3.75. The number of rotatable bonds is 3. The van der Waals surface area contributed by atoms with Gasteiger partial charge in [0.25, 0.3) is 0 Å². The number of nitrogens with zero attached hydrogens (tertiary/aromatic N) is 3. The second-order valence-electron chi connectivity index (χ2n) is 9.32. The minimum absolute atomic E-state index is 0.217. The summed E-state index contributed by atoms with van der Waals surface area (Å²) in [4.78, 5) is 19.5. The first-order valence-electron chi connectivity index (χ1n) is 12.0. The summed E-state index contributed by atoms with van der Waals surface area (Å²) in [6, 6.07) is 17.3. The lowest BCUT2D eigenvalue weighted by atomic mass is 10.0. The summed E-state index contributed by atoms with van der Waals surface area (Å²) < 4.78 is 21.4. The van der Waals surface area contributed by atoms with Crippen molar-refractivity contribution in [1.29, 1.82) is 0 Å². The van der Waals surface area contributed by atoms with Gasteiger partial charge in [0.05, 0.1) is 25.4 Å². The van der Waals surface area contributed by atoms with Gasteiger partial charge < -0.3 is 24.4 Å². The highest BCUT2D eigenvalue weighted by Crippen LogP contribution is 2.43. The van der Waals surface area contributed by atoms with E-state index in [-0.39, 0.29) is 17.9 Å². The van der Waals surface area contributed by atoms with Gasteiger partial charge in [0.2, 0.25) is 0 Å². The molecular weight excluding hydrogens is 475 g/mol.